The van der Waals surface area contributed by atoms with Gasteiger partial charge in [-0.1, -0.05) is 6.07 Å². The number of carboxylic acid groups (broad SMARTS) is 1. The Morgan fingerprint density at radius 1 is 1.47 bits per heavy atom. The highest BCUT2D eigenvalue weighted by Crippen LogP contribution is 2.20. The summed E-state index contributed by atoms with van der Waals surface area (Å²) >= 11 is 0. The lowest BCUT2D eigenvalue weighted by atomic mass is 10.1. The summed E-state index contributed by atoms with van der Waals surface area (Å²) in [6.07, 6.45) is 5.21. The van der Waals surface area contributed by atoms with E-state index < -0.39 is 17.7 Å². The largest absolute Gasteiger partial charge is 0.478 e. The molecule has 0 saturated carbocycles. The summed E-state index contributed by atoms with van der Waals surface area (Å²) in [7, 11) is 0. The lowest BCUT2D eigenvalue weighted by Crippen LogP contribution is -2.15. The smallest absolute Gasteiger partial charge is 0.337 e. The predicted octanol–water partition coefficient (Wildman–Crippen LogP) is 1.88. The molecule has 0 aliphatic heterocycles. The summed E-state index contributed by atoms with van der Waals surface area (Å²) in [5.74, 6) is -0.354. The zero-order chi connectivity index (χ0) is 12.8. The van der Waals surface area contributed by atoms with Crippen LogP contribution >= 0.6 is 0 Å². The lowest BCUT2D eigenvalue weighted by Gasteiger charge is -2.08. The van der Waals surface area contributed by atoms with Crippen molar-refractivity contribution < 1.29 is 19.1 Å². The Morgan fingerprint density at radius 2 is 2.18 bits per heavy atom. The van der Waals surface area contributed by atoms with Crippen LogP contribution in [0.3, 0.4) is 0 Å². The van der Waals surface area contributed by atoms with E-state index in [1.54, 1.807) is 0 Å². The summed E-state index contributed by atoms with van der Waals surface area (Å²) in [5.41, 5.74) is -0.624. The molecule has 17 heavy (non-hydrogen) atoms. The number of terminal acetylenes is 1. The molecule has 0 aliphatic rings. The molecule has 1 amide bonds. The first-order chi connectivity index (χ1) is 8.06. The highest BCUT2D eigenvalue weighted by atomic mass is 19.1. The summed E-state index contributed by atoms with van der Waals surface area (Å²) in [4.78, 5) is 22.2. The molecular weight excluding hydrogens is 225 g/mol. The minimum absolute atomic E-state index is 0.0178. The monoisotopic (exact) mass is 235 g/mol. The molecule has 0 aliphatic carbocycles. The highest BCUT2D eigenvalue weighted by Gasteiger charge is 2.15. The van der Waals surface area contributed by atoms with Crippen LogP contribution in [0.4, 0.5) is 10.1 Å². The van der Waals surface area contributed by atoms with Crippen molar-refractivity contribution in [2.45, 2.75) is 12.8 Å². The number of rotatable bonds is 4. The maximum atomic E-state index is 13.4. The van der Waals surface area contributed by atoms with Crippen LogP contribution in [0.15, 0.2) is 18.2 Å². The summed E-state index contributed by atoms with van der Waals surface area (Å²) in [6, 6.07) is 3.54. The predicted molar refractivity (Wildman–Crippen MR) is 60.1 cm³/mol. The fourth-order valence-electron chi connectivity index (χ4n) is 1.22. The molecule has 1 rings (SSSR count). The van der Waals surface area contributed by atoms with Crippen LogP contribution in [0, 0.1) is 18.2 Å². The van der Waals surface area contributed by atoms with Gasteiger partial charge in [-0.3, -0.25) is 4.79 Å². The number of carboxylic acids is 1. The van der Waals surface area contributed by atoms with E-state index in [0.717, 1.165) is 6.07 Å². The number of carbonyl (C=O) groups excluding carboxylic acids is 1. The van der Waals surface area contributed by atoms with Crippen LogP contribution in [0.25, 0.3) is 0 Å². The van der Waals surface area contributed by atoms with Crippen molar-refractivity contribution >= 4 is 17.6 Å². The maximum absolute atomic E-state index is 13.4. The topological polar surface area (TPSA) is 66.4 Å². The van der Waals surface area contributed by atoms with Gasteiger partial charge in [-0.25, -0.2) is 9.18 Å². The summed E-state index contributed by atoms with van der Waals surface area (Å²) in [6.45, 7) is 0. The third-order valence-electron chi connectivity index (χ3n) is 2.00. The average Bonchev–Trinajstić information content (AvgIpc) is 2.28. The SMILES string of the molecule is C#CCCC(=O)Nc1c(F)cccc1C(=O)O. The van der Waals surface area contributed by atoms with Crippen molar-refractivity contribution in [2.24, 2.45) is 0 Å². The number of amides is 1. The minimum Gasteiger partial charge on any atom is -0.478 e. The standard InChI is InChI=1S/C12H10FNO3/c1-2-3-7-10(15)14-11-8(12(16)17)5-4-6-9(11)13/h1,4-6H,3,7H2,(H,14,15)(H,16,17). The van der Waals surface area contributed by atoms with Crippen LogP contribution in [-0.2, 0) is 4.79 Å². The fraction of sp³-hybridized carbons (Fsp3) is 0.167. The van der Waals surface area contributed by atoms with Gasteiger partial charge in [0.15, 0.2) is 0 Å². The number of aromatic carboxylic acids is 1. The number of carbonyl (C=O) groups is 2. The first-order valence-corrected chi connectivity index (χ1v) is 4.81. The van der Waals surface area contributed by atoms with E-state index in [2.05, 4.69) is 11.2 Å². The van der Waals surface area contributed by atoms with E-state index in [1.165, 1.54) is 12.1 Å². The average molecular weight is 235 g/mol. The zero-order valence-corrected chi connectivity index (χ0v) is 8.87. The zero-order valence-electron chi connectivity index (χ0n) is 8.87. The molecular formula is C12H10FNO3. The number of nitrogens with one attached hydrogen (secondary N) is 1. The molecule has 0 bridgehead atoms. The van der Waals surface area contributed by atoms with Crippen LogP contribution in [0.5, 0.6) is 0 Å². The number of benzene rings is 1. The Bertz CT molecular complexity index is 491. The van der Waals surface area contributed by atoms with E-state index in [9.17, 15) is 14.0 Å². The Balaban J connectivity index is 2.94. The normalized spacial score (nSPS) is 9.41. The number of anilines is 1. The molecule has 5 heteroatoms. The molecule has 0 spiro atoms. The molecule has 0 fully saturated rings. The van der Waals surface area contributed by atoms with Crippen LogP contribution in [-0.4, -0.2) is 17.0 Å². The third-order valence-corrected chi connectivity index (χ3v) is 2.00. The van der Waals surface area contributed by atoms with Crippen molar-refractivity contribution in [2.75, 3.05) is 5.32 Å². The maximum Gasteiger partial charge on any atom is 0.337 e. The molecule has 1 aromatic carbocycles. The summed E-state index contributed by atoms with van der Waals surface area (Å²) in [5, 5.41) is 11.0. The molecule has 0 saturated heterocycles. The Labute approximate surface area is 97.5 Å². The first-order valence-electron chi connectivity index (χ1n) is 4.81. The van der Waals surface area contributed by atoms with Gasteiger partial charge in [0.2, 0.25) is 5.91 Å². The van der Waals surface area contributed by atoms with Gasteiger partial charge in [-0.05, 0) is 12.1 Å². The second-order valence-electron chi connectivity index (χ2n) is 3.22. The minimum atomic E-state index is -1.31. The van der Waals surface area contributed by atoms with Gasteiger partial charge in [0.25, 0.3) is 0 Å². The molecule has 0 radical (unpaired) electrons. The van der Waals surface area contributed by atoms with Gasteiger partial charge in [-0.2, -0.15) is 0 Å². The van der Waals surface area contributed by atoms with Gasteiger partial charge in [0, 0.05) is 12.8 Å². The number of halogens is 1. The molecule has 0 heterocycles. The number of para-hydroxylation sites is 1. The van der Waals surface area contributed by atoms with Crippen molar-refractivity contribution in [3.8, 4) is 12.3 Å². The number of hydrogen-bond acceptors (Lipinski definition) is 2. The number of hydrogen-bond donors (Lipinski definition) is 2. The Hall–Kier alpha value is -2.35. The van der Waals surface area contributed by atoms with Gasteiger partial charge in [0.05, 0.1) is 11.3 Å². The third kappa shape index (κ3) is 3.31. The van der Waals surface area contributed by atoms with Gasteiger partial charge >= 0.3 is 5.97 Å². The molecule has 0 atom stereocenters. The molecule has 88 valence electrons. The van der Waals surface area contributed by atoms with Crippen LogP contribution in [0.2, 0.25) is 0 Å². The van der Waals surface area contributed by atoms with Crippen molar-refractivity contribution in [3.05, 3.63) is 29.6 Å². The van der Waals surface area contributed by atoms with E-state index in [0.29, 0.717) is 0 Å². The van der Waals surface area contributed by atoms with Crippen LogP contribution in [0.1, 0.15) is 23.2 Å². The molecule has 2 N–H and O–H groups in total. The quantitative estimate of drug-likeness (QED) is 0.783. The van der Waals surface area contributed by atoms with E-state index >= 15 is 0 Å². The first kappa shape index (κ1) is 12.7. The fourth-order valence-corrected chi connectivity index (χ4v) is 1.22. The van der Waals surface area contributed by atoms with Crippen molar-refractivity contribution in [1.82, 2.24) is 0 Å². The van der Waals surface area contributed by atoms with E-state index in [-0.39, 0.29) is 24.1 Å². The molecule has 1 aromatic rings. The Morgan fingerprint density at radius 3 is 2.76 bits per heavy atom. The summed E-state index contributed by atoms with van der Waals surface area (Å²) < 4.78 is 13.4. The van der Waals surface area contributed by atoms with Crippen LogP contribution < -0.4 is 5.32 Å². The highest BCUT2D eigenvalue weighted by molar-refractivity contribution is 6.00. The van der Waals surface area contributed by atoms with E-state index in [1.807, 2.05) is 0 Å². The second-order valence-corrected chi connectivity index (χ2v) is 3.22. The van der Waals surface area contributed by atoms with Gasteiger partial charge in [0.1, 0.15) is 5.82 Å². The second kappa shape index (κ2) is 5.66. The molecule has 0 unspecified atom stereocenters. The Kier molecular flexibility index (Phi) is 4.23. The lowest BCUT2D eigenvalue weighted by molar-refractivity contribution is -0.116. The van der Waals surface area contributed by atoms with Gasteiger partial charge in [-0.15, -0.1) is 12.3 Å². The molecule has 4 nitrogen and oxygen atoms in total. The van der Waals surface area contributed by atoms with Crippen molar-refractivity contribution in [1.29, 1.82) is 0 Å². The molecule has 0 aromatic heterocycles. The van der Waals surface area contributed by atoms with Gasteiger partial charge < -0.3 is 10.4 Å². The van der Waals surface area contributed by atoms with E-state index in [4.69, 9.17) is 11.5 Å². The van der Waals surface area contributed by atoms with Crippen molar-refractivity contribution in [3.63, 3.8) is 0 Å².